The van der Waals surface area contributed by atoms with Gasteiger partial charge in [-0.2, -0.15) is 0 Å². The van der Waals surface area contributed by atoms with Gasteiger partial charge in [-0.15, -0.1) is 0 Å². The van der Waals surface area contributed by atoms with Crippen LogP contribution >= 0.6 is 0 Å². The lowest BCUT2D eigenvalue weighted by molar-refractivity contribution is 0.207. The zero-order chi connectivity index (χ0) is 13.2. The number of ether oxygens (including phenoxy) is 1. The third-order valence-electron chi connectivity index (χ3n) is 3.68. The highest BCUT2D eigenvalue weighted by Gasteiger charge is 2.22. The van der Waals surface area contributed by atoms with Crippen LogP contribution in [-0.4, -0.2) is 32.3 Å². The number of nitrogens with two attached hydrogens (primary N) is 1. The molecule has 1 aliphatic rings. The van der Waals surface area contributed by atoms with Crippen LogP contribution in [0.2, 0.25) is 0 Å². The Balaban J connectivity index is 2.45. The maximum absolute atomic E-state index is 5.50. The summed E-state index contributed by atoms with van der Waals surface area (Å²) >= 11 is 0. The van der Waals surface area contributed by atoms with Crippen molar-refractivity contribution < 1.29 is 4.74 Å². The van der Waals surface area contributed by atoms with Gasteiger partial charge in [-0.25, -0.2) is 10.8 Å². The molecule has 5 heteroatoms. The minimum atomic E-state index is 0.475. The van der Waals surface area contributed by atoms with Gasteiger partial charge < -0.3 is 10.1 Å². The van der Waals surface area contributed by atoms with Crippen LogP contribution in [-0.2, 0) is 4.74 Å². The molecule has 1 fully saturated rings. The van der Waals surface area contributed by atoms with E-state index >= 15 is 0 Å². The number of aliphatic imine (C=N–C) groups is 1. The first kappa shape index (κ1) is 15.2. The van der Waals surface area contributed by atoms with E-state index in [9.17, 15) is 0 Å². The molecule has 1 rings (SSSR count). The van der Waals surface area contributed by atoms with Crippen LogP contribution in [0, 0.1) is 5.92 Å². The third kappa shape index (κ3) is 5.23. The summed E-state index contributed by atoms with van der Waals surface area (Å²) in [6.07, 6.45) is 7.85. The minimum Gasteiger partial charge on any atom is -0.383 e. The molecule has 18 heavy (non-hydrogen) atoms. The molecule has 0 spiro atoms. The molecule has 5 nitrogen and oxygen atoms in total. The highest BCUT2D eigenvalue weighted by molar-refractivity contribution is 5.79. The monoisotopic (exact) mass is 256 g/mol. The van der Waals surface area contributed by atoms with Crippen molar-refractivity contribution in [3.8, 4) is 0 Å². The summed E-state index contributed by atoms with van der Waals surface area (Å²) in [5.74, 6) is 6.94. The Morgan fingerprint density at radius 1 is 1.39 bits per heavy atom. The summed E-state index contributed by atoms with van der Waals surface area (Å²) in [5, 5.41) is 3.44. The number of nitrogens with one attached hydrogen (secondary N) is 2. The van der Waals surface area contributed by atoms with E-state index in [1.807, 2.05) is 0 Å². The number of methoxy groups -OCH3 is 1. The lowest BCUT2D eigenvalue weighted by atomic mass is 9.83. The lowest BCUT2D eigenvalue weighted by Crippen LogP contribution is -2.49. The van der Waals surface area contributed by atoms with Crippen molar-refractivity contribution >= 4 is 5.96 Å². The van der Waals surface area contributed by atoms with Crippen molar-refractivity contribution in [2.24, 2.45) is 16.8 Å². The number of guanidine groups is 1. The van der Waals surface area contributed by atoms with Crippen molar-refractivity contribution in [2.75, 3.05) is 20.3 Å². The highest BCUT2D eigenvalue weighted by Crippen LogP contribution is 2.27. The van der Waals surface area contributed by atoms with Crippen molar-refractivity contribution in [3.05, 3.63) is 0 Å². The van der Waals surface area contributed by atoms with Crippen LogP contribution in [0.25, 0.3) is 0 Å². The number of hydrogen-bond donors (Lipinski definition) is 3. The zero-order valence-electron chi connectivity index (χ0n) is 11.7. The highest BCUT2D eigenvalue weighted by atomic mass is 16.5. The summed E-state index contributed by atoms with van der Waals surface area (Å²) in [6.45, 7) is 3.47. The molecule has 4 N–H and O–H groups in total. The number of hydrazine groups is 1. The van der Waals surface area contributed by atoms with Gasteiger partial charge in [-0.05, 0) is 25.2 Å². The van der Waals surface area contributed by atoms with Crippen LogP contribution < -0.4 is 16.6 Å². The molecular weight excluding hydrogens is 228 g/mol. The van der Waals surface area contributed by atoms with Crippen molar-refractivity contribution in [3.63, 3.8) is 0 Å². The molecule has 106 valence electrons. The Morgan fingerprint density at radius 3 is 2.67 bits per heavy atom. The van der Waals surface area contributed by atoms with E-state index in [1.165, 1.54) is 32.1 Å². The van der Waals surface area contributed by atoms with Crippen LogP contribution in [0.4, 0.5) is 0 Å². The summed E-state index contributed by atoms with van der Waals surface area (Å²) in [7, 11) is 1.68. The first-order chi connectivity index (χ1) is 8.81. The van der Waals surface area contributed by atoms with Crippen molar-refractivity contribution in [1.29, 1.82) is 0 Å². The number of nitrogens with zero attached hydrogens (tertiary/aromatic N) is 1. The Bertz CT molecular complexity index is 239. The lowest BCUT2D eigenvalue weighted by Gasteiger charge is -2.31. The quantitative estimate of drug-likeness (QED) is 0.221. The Morgan fingerprint density at radius 2 is 2.11 bits per heavy atom. The first-order valence-electron chi connectivity index (χ1n) is 7.08. The maximum atomic E-state index is 5.50. The SMILES string of the molecule is CCC(NC(=NCCOC)NN)C1CCCCC1. The second-order valence-electron chi connectivity index (χ2n) is 4.92. The molecule has 0 saturated heterocycles. The van der Waals surface area contributed by atoms with E-state index in [-0.39, 0.29) is 0 Å². The van der Waals surface area contributed by atoms with Crippen LogP contribution in [0.5, 0.6) is 0 Å². The average Bonchev–Trinajstić information content (AvgIpc) is 2.43. The minimum absolute atomic E-state index is 0.475. The summed E-state index contributed by atoms with van der Waals surface area (Å²) in [5.41, 5.74) is 2.65. The molecule has 0 aliphatic heterocycles. The van der Waals surface area contributed by atoms with Gasteiger partial charge in [-0.3, -0.25) is 5.43 Å². The molecule has 1 atom stereocenters. The molecule has 0 aromatic rings. The normalized spacial score (nSPS) is 19.6. The second kappa shape index (κ2) is 9.16. The molecule has 0 heterocycles. The predicted octanol–water partition coefficient (Wildman–Crippen LogP) is 1.40. The summed E-state index contributed by atoms with van der Waals surface area (Å²) in [4.78, 5) is 4.36. The molecule has 0 bridgehead atoms. The fraction of sp³-hybridized carbons (Fsp3) is 0.923. The van der Waals surface area contributed by atoms with E-state index in [0.29, 0.717) is 25.2 Å². The van der Waals surface area contributed by atoms with Crippen LogP contribution in [0.15, 0.2) is 4.99 Å². The number of hydrogen-bond acceptors (Lipinski definition) is 3. The largest absolute Gasteiger partial charge is 0.383 e. The van der Waals surface area contributed by atoms with E-state index < -0.39 is 0 Å². The van der Waals surface area contributed by atoms with Gasteiger partial charge in [0.15, 0.2) is 0 Å². The molecule has 0 amide bonds. The number of rotatable bonds is 6. The van der Waals surface area contributed by atoms with Crippen molar-refractivity contribution in [1.82, 2.24) is 10.7 Å². The molecular formula is C13H28N4O. The van der Waals surface area contributed by atoms with Gasteiger partial charge in [-0.1, -0.05) is 26.2 Å². The topological polar surface area (TPSA) is 71.7 Å². The second-order valence-corrected chi connectivity index (χ2v) is 4.92. The van der Waals surface area contributed by atoms with E-state index in [2.05, 4.69) is 22.7 Å². The molecule has 0 aromatic heterocycles. The molecule has 1 aliphatic carbocycles. The van der Waals surface area contributed by atoms with Gasteiger partial charge in [0.25, 0.3) is 0 Å². The van der Waals surface area contributed by atoms with Gasteiger partial charge in [0.05, 0.1) is 13.2 Å². The summed E-state index contributed by atoms with van der Waals surface area (Å²) < 4.78 is 4.98. The summed E-state index contributed by atoms with van der Waals surface area (Å²) in [6, 6.07) is 0.475. The smallest absolute Gasteiger partial charge is 0.206 e. The zero-order valence-corrected chi connectivity index (χ0v) is 11.7. The van der Waals surface area contributed by atoms with Gasteiger partial charge >= 0.3 is 0 Å². The Labute approximate surface area is 111 Å². The van der Waals surface area contributed by atoms with Gasteiger partial charge in [0, 0.05) is 13.2 Å². The predicted molar refractivity (Wildman–Crippen MR) is 75.3 cm³/mol. The molecule has 1 saturated carbocycles. The third-order valence-corrected chi connectivity index (χ3v) is 3.68. The Kier molecular flexibility index (Phi) is 7.76. The first-order valence-corrected chi connectivity index (χ1v) is 7.08. The molecule has 1 unspecified atom stereocenters. The van der Waals surface area contributed by atoms with Crippen molar-refractivity contribution in [2.45, 2.75) is 51.5 Å². The van der Waals surface area contributed by atoms with Crippen LogP contribution in [0.3, 0.4) is 0 Å². The fourth-order valence-electron chi connectivity index (χ4n) is 2.65. The molecule has 0 aromatic carbocycles. The van der Waals surface area contributed by atoms with Crippen LogP contribution in [0.1, 0.15) is 45.4 Å². The van der Waals surface area contributed by atoms with E-state index in [4.69, 9.17) is 10.6 Å². The molecule has 0 radical (unpaired) electrons. The van der Waals surface area contributed by atoms with E-state index in [0.717, 1.165) is 12.3 Å². The van der Waals surface area contributed by atoms with E-state index in [1.54, 1.807) is 7.11 Å². The average molecular weight is 256 g/mol. The maximum Gasteiger partial charge on any atom is 0.206 e. The standard InChI is InChI=1S/C13H28N4O/c1-3-12(11-7-5-4-6-8-11)16-13(17-14)15-9-10-18-2/h11-12H,3-10,14H2,1-2H3,(H2,15,16,17). The van der Waals surface area contributed by atoms with Gasteiger partial charge in [0.1, 0.15) is 0 Å². The fourth-order valence-corrected chi connectivity index (χ4v) is 2.65. The Hall–Kier alpha value is -0.810. The van der Waals surface area contributed by atoms with Gasteiger partial charge in [0.2, 0.25) is 5.96 Å².